The maximum Gasteiger partial charge on any atom is 0.239 e. The molecule has 100 valence electrons. The zero-order valence-electron chi connectivity index (χ0n) is 10.3. The molecular weight excluding hydrogens is 242 g/mol. The van der Waals surface area contributed by atoms with Gasteiger partial charge in [0.05, 0.1) is 12.3 Å². The van der Waals surface area contributed by atoms with Crippen LogP contribution in [0.2, 0.25) is 0 Å². The number of nitrogens with zero attached hydrogens (tertiary/aromatic N) is 1. The van der Waals surface area contributed by atoms with Crippen LogP contribution in [0.15, 0.2) is 0 Å². The summed E-state index contributed by atoms with van der Waals surface area (Å²) < 4.78 is 24.5. The highest BCUT2D eigenvalue weighted by atomic mass is 32.2. The number of rotatable bonds is 4. The van der Waals surface area contributed by atoms with Crippen LogP contribution >= 0.6 is 0 Å². The van der Waals surface area contributed by atoms with Gasteiger partial charge in [-0.3, -0.25) is 4.79 Å². The molecule has 0 aliphatic carbocycles. The van der Waals surface area contributed by atoms with Gasteiger partial charge in [0.2, 0.25) is 15.9 Å². The highest BCUT2D eigenvalue weighted by Crippen LogP contribution is 2.16. The molecule has 3 N–H and O–H groups in total. The molecule has 0 radical (unpaired) electrons. The highest BCUT2D eigenvalue weighted by molar-refractivity contribution is 7.88. The van der Waals surface area contributed by atoms with Gasteiger partial charge in [-0.1, -0.05) is 0 Å². The molecular formula is C10H21N3O3S. The average Bonchev–Trinajstić information content (AvgIpc) is 2.24. The molecule has 1 fully saturated rings. The standard InChI is InChI=1S/C10H21N3O3S/c1-8(11)10(14)13-5-3-4-9(7-13)6-12-17(2,15)16/h8-9,12H,3-7,11H2,1-2H3. The fourth-order valence-electron chi connectivity index (χ4n) is 1.99. The Morgan fingerprint density at radius 1 is 1.59 bits per heavy atom. The van der Waals surface area contributed by atoms with E-state index >= 15 is 0 Å². The minimum Gasteiger partial charge on any atom is -0.341 e. The summed E-state index contributed by atoms with van der Waals surface area (Å²) in [5.74, 6) is 0.121. The van der Waals surface area contributed by atoms with E-state index in [9.17, 15) is 13.2 Å². The van der Waals surface area contributed by atoms with Crippen LogP contribution in [0.3, 0.4) is 0 Å². The van der Waals surface area contributed by atoms with Gasteiger partial charge in [-0.25, -0.2) is 13.1 Å². The van der Waals surface area contributed by atoms with Gasteiger partial charge in [0, 0.05) is 19.6 Å². The van der Waals surface area contributed by atoms with Crippen molar-refractivity contribution < 1.29 is 13.2 Å². The molecule has 17 heavy (non-hydrogen) atoms. The number of likely N-dealkylation sites (tertiary alicyclic amines) is 1. The largest absolute Gasteiger partial charge is 0.341 e. The molecule has 6 nitrogen and oxygen atoms in total. The van der Waals surface area contributed by atoms with Crippen molar-refractivity contribution in [2.75, 3.05) is 25.9 Å². The summed E-state index contributed by atoms with van der Waals surface area (Å²) in [6.45, 7) is 3.36. The number of hydrogen-bond acceptors (Lipinski definition) is 4. The minimum absolute atomic E-state index is 0.0611. The van der Waals surface area contributed by atoms with Gasteiger partial charge >= 0.3 is 0 Å². The summed E-state index contributed by atoms with van der Waals surface area (Å²) in [6, 6.07) is -0.489. The van der Waals surface area contributed by atoms with Crippen LogP contribution in [0.4, 0.5) is 0 Å². The average molecular weight is 263 g/mol. The topological polar surface area (TPSA) is 92.5 Å². The van der Waals surface area contributed by atoms with Crippen molar-refractivity contribution in [1.82, 2.24) is 9.62 Å². The van der Waals surface area contributed by atoms with Crippen molar-refractivity contribution >= 4 is 15.9 Å². The predicted molar refractivity (Wildman–Crippen MR) is 65.8 cm³/mol. The lowest BCUT2D eigenvalue weighted by Gasteiger charge is -2.33. The molecule has 1 amide bonds. The number of nitrogens with two attached hydrogens (primary N) is 1. The van der Waals surface area contributed by atoms with E-state index in [4.69, 9.17) is 5.73 Å². The number of nitrogens with one attached hydrogen (secondary N) is 1. The van der Waals surface area contributed by atoms with Crippen molar-refractivity contribution in [2.24, 2.45) is 11.7 Å². The second-order valence-electron chi connectivity index (χ2n) is 4.70. The van der Waals surface area contributed by atoms with Crippen LogP contribution in [-0.4, -0.2) is 51.2 Å². The Bertz CT molecular complexity index is 367. The number of carbonyl (C=O) groups excluding carboxylic acids is 1. The molecule has 0 saturated carbocycles. The van der Waals surface area contributed by atoms with Crippen LogP contribution in [-0.2, 0) is 14.8 Å². The quantitative estimate of drug-likeness (QED) is 0.689. The Balaban J connectivity index is 2.47. The van der Waals surface area contributed by atoms with Gasteiger partial charge in [-0.15, -0.1) is 0 Å². The van der Waals surface area contributed by atoms with Crippen LogP contribution in [0.5, 0.6) is 0 Å². The maximum atomic E-state index is 11.7. The number of piperidine rings is 1. The van der Waals surface area contributed by atoms with E-state index in [0.717, 1.165) is 25.6 Å². The van der Waals surface area contributed by atoms with E-state index in [0.29, 0.717) is 13.1 Å². The van der Waals surface area contributed by atoms with Crippen LogP contribution in [0.25, 0.3) is 0 Å². The number of hydrogen-bond donors (Lipinski definition) is 2. The molecule has 2 atom stereocenters. The Hall–Kier alpha value is -0.660. The SMILES string of the molecule is CC(N)C(=O)N1CCCC(CNS(C)(=O)=O)C1. The molecule has 0 spiro atoms. The molecule has 7 heteroatoms. The molecule has 0 aromatic rings. The first-order valence-electron chi connectivity index (χ1n) is 5.78. The van der Waals surface area contributed by atoms with Gasteiger partial charge in [0.25, 0.3) is 0 Å². The molecule has 0 bridgehead atoms. The second kappa shape index (κ2) is 5.79. The Morgan fingerprint density at radius 2 is 2.24 bits per heavy atom. The van der Waals surface area contributed by atoms with E-state index in [1.807, 2.05) is 0 Å². The second-order valence-corrected chi connectivity index (χ2v) is 6.53. The number of amides is 1. The fourth-order valence-corrected chi connectivity index (χ4v) is 2.53. The summed E-state index contributed by atoms with van der Waals surface area (Å²) >= 11 is 0. The van der Waals surface area contributed by atoms with E-state index in [2.05, 4.69) is 4.72 Å². The monoisotopic (exact) mass is 263 g/mol. The summed E-state index contributed by atoms with van der Waals surface area (Å²) in [7, 11) is -3.16. The Morgan fingerprint density at radius 3 is 2.76 bits per heavy atom. The third-order valence-electron chi connectivity index (χ3n) is 2.85. The van der Waals surface area contributed by atoms with Gasteiger partial charge in [0.1, 0.15) is 0 Å². The molecule has 1 rings (SSSR count). The lowest BCUT2D eigenvalue weighted by molar-refractivity contribution is -0.133. The summed E-state index contributed by atoms with van der Waals surface area (Å²) in [6.07, 6.45) is 2.97. The molecule has 1 saturated heterocycles. The lowest BCUT2D eigenvalue weighted by atomic mass is 9.98. The van der Waals surface area contributed by atoms with Gasteiger partial charge in [0.15, 0.2) is 0 Å². The van der Waals surface area contributed by atoms with Crippen molar-refractivity contribution in [3.63, 3.8) is 0 Å². The van der Waals surface area contributed by atoms with E-state index in [1.54, 1.807) is 11.8 Å². The first-order chi connectivity index (χ1) is 7.79. The predicted octanol–water partition coefficient (Wildman–Crippen LogP) is -0.879. The van der Waals surface area contributed by atoms with E-state index < -0.39 is 16.1 Å². The maximum absolute atomic E-state index is 11.7. The van der Waals surface area contributed by atoms with E-state index in [-0.39, 0.29) is 11.8 Å². The third-order valence-corrected chi connectivity index (χ3v) is 3.55. The summed E-state index contributed by atoms with van der Waals surface area (Å²) in [4.78, 5) is 13.4. The van der Waals surface area contributed by atoms with Crippen molar-refractivity contribution in [1.29, 1.82) is 0 Å². The molecule has 1 heterocycles. The van der Waals surface area contributed by atoms with Crippen LogP contribution < -0.4 is 10.5 Å². The minimum atomic E-state index is -3.16. The third kappa shape index (κ3) is 5.01. The van der Waals surface area contributed by atoms with Gasteiger partial charge in [-0.05, 0) is 25.7 Å². The summed E-state index contributed by atoms with van der Waals surface area (Å²) in [5, 5.41) is 0. The Labute approximate surface area is 103 Å². The molecule has 1 aliphatic heterocycles. The lowest BCUT2D eigenvalue weighted by Crippen LogP contribution is -2.48. The van der Waals surface area contributed by atoms with Gasteiger partial charge < -0.3 is 10.6 Å². The fraction of sp³-hybridized carbons (Fsp3) is 0.900. The Kier molecular flexibility index (Phi) is 4.91. The normalized spacial score (nSPS) is 23.5. The number of carbonyl (C=O) groups is 1. The van der Waals surface area contributed by atoms with Crippen LogP contribution in [0, 0.1) is 5.92 Å². The molecule has 1 aliphatic rings. The van der Waals surface area contributed by atoms with E-state index in [1.165, 1.54) is 0 Å². The molecule has 2 unspecified atom stereocenters. The van der Waals surface area contributed by atoms with Crippen molar-refractivity contribution in [3.05, 3.63) is 0 Å². The first kappa shape index (κ1) is 14.4. The zero-order valence-corrected chi connectivity index (χ0v) is 11.2. The molecule has 0 aromatic heterocycles. The first-order valence-corrected chi connectivity index (χ1v) is 7.67. The highest BCUT2D eigenvalue weighted by Gasteiger charge is 2.25. The zero-order chi connectivity index (χ0) is 13.1. The summed E-state index contributed by atoms with van der Waals surface area (Å²) in [5.41, 5.74) is 5.55. The van der Waals surface area contributed by atoms with Gasteiger partial charge in [-0.2, -0.15) is 0 Å². The van der Waals surface area contributed by atoms with Crippen LogP contribution in [0.1, 0.15) is 19.8 Å². The van der Waals surface area contributed by atoms with Crippen molar-refractivity contribution in [3.8, 4) is 0 Å². The van der Waals surface area contributed by atoms with Crippen molar-refractivity contribution in [2.45, 2.75) is 25.8 Å². The smallest absolute Gasteiger partial charge is 0.239 e. The molecule has 0 aromatic carbocycles. The number of sulfonamides is 1.